The van der Waals surface area contributed by atoms with Crippen molar-refractivity contribution in [2.75, 3.05) is 27.4 Å². The Morgan fingerprint density at radius 2 is 1.60 bits per heavy atom. The summed E-state index contributed by atoms with van der Waals surface area (Å²) < 4.78 is 36.1. The van der Waals surface area contributed by atoms with Gasteiger partial charge in [0.1, 0.15) is 0 Å². The number of phosphoric acid groups is 1. The van der Waals surface area contributed by atoms with Gasteiger partial charge >= 0.3 is 19.8 Å². The van der Waals surface area contributed by atoms with Gasteiger partial charge in [0.05, 0.1) is 27.4 Å². The van der Waals surface area contributed by atoms with Gasteiger partial charge in [0, 0.05) is 6.42 Å². The van der Waals surface area contributed by atoms with Gasteiger partial charge in [0.25, 0.3) is 0 Å². The second-order valence-electron chi connectivity index (χ2n) is 3.51. The minimum Gasteiger partial charge on any atom is -0.469 e. The largest absolute Gasteiger partial charge is 0.475 e. The minimum atomic E-state index is -3.86. The molecular weight excluding hydrogens is 291 g/mol. The van der Waals surface area contributed by atoms with E-state index in [-0.39, 0.29) is 26.1 Å². The van der Waals surface area contributed by atoms with Crippen LogP contribution in [0.3, 0.4) is 0 Å². The Bertz CT molecular complexity index is 346. The van der Waals surface area contributed by atoms with Crippen LogP contribution >= 0.6 is 7.82 Å². The van der Waals surface area contributed by atoms with Crippen molar-refractivity contribution in [1.82, 2.24) is 0 Å². The summed E-state index contributed by atoms with van der Waals surface area (Å²) in [5.74, 6) is -1.29. The molecule has 1 atom stereocenters. The third-order valence-electron chi connectivity index (χ3n) is 2.13. The van der Waals surface area contributed by atoms with Crippen LogP contribution in [0, 0.1) is 0 Å². The Morgan fingerprint density at radius 1 is 1.05 bits per heavy atom. The maximum atomic E-state index is 12.2. The zero-order chi connectivity index (χ0) is 15.6. The second kappa shape index (κ2) is 9.88. The molecule has 0 rings (SSSR count). The van der Waals surface area contributed by atoms with Crippen molar-refractivity contribution in [3.8, 4) is 0 Å². The van der Waals surface area contributed by atoms with Crippen LogP contribution < -0.4 is 0 Å². The van der Waals surface area contributed by atoms with Gasteiger partial charge < -0.3 is 9.47 Å². The van der Waals surface area contributed by atoms with Crippen molar-refractivity contribution < 1.29 is 37.2 Å². The van der Waals surface area contributed by atoms with Gasteiger partial charge in [-0.3, -0.25) is 18.4 Å². The fourth-order valence-corrected chi connectivity index (χ4v) is 2.60. The van der Waals surface area contributed by atoms with Crippen molar-refractivity contribution in [3.05, 3.63) is 0 Å². The van der Waals surface area contributed by atoms with Gasteiger partial charge in [0.15, 0.2) is 6.10 Å². The summed E-state index contributed by atoms with van der Waals surface area (Å²) in [5.41, 5.74) is 0. The summed E-state index contributed by atoms with van der Waals surface area (Å²) in [4.78, 5) is 22.7. The lowest BCUT2D eigenvalue weighted by atomic mass is 10.2. The molecule has 1 unspecified atom stereocenters. The molecule has 0 saturated carbocycles. The molecule has 0 bridgehead atoms. The summed E-state index contributed by atoms with van der Waals surface area (Å²) in [6.07, 6.45) is -1.37. The van der Waals surface area contributed by atoms with Gasteiger partial charge in [0.2, 0.25) is 0 Å². The first-order valence-electron chi connectivity index (χ1n) is 6.14. The topological polar surface area (TPSA) is 97.4 Å². The van der Waals surface area contributed by atoms with E-state index in [9.17, 15) is 14.2 Å². The maximum Gasteiger partial charge on any atom is 0.475 e. The predicted octanol–water partition coefficient (Wildman–Crippen LogP) is 1.68. The van der Waals surface area contributed by atoms with Crippen LogP contribution in [0.5, 0.6) is 0 Å². The number of ether oxygens (including phenoxy) is 2. The molecule has 118 valence electrons. The summed E-state index contributed by atoms with van der Waals surface area (Å²) in [6, 6.07) is 0. The number of carbonyl (C=O) groups excluding carboxylic acids is 2. The van der Waals surface area contributed by atoms with Crippen molar-refractivity contribution in [1.29, 1.82) is 0 Å². The van der Waals surface area contributed by atoms with Gasteiger partial charge in [-0.2, -0.15) is 0 Å². The highest BCUT2D eigenvalue weighted by molar-refractivity contribution is 7.48. The van der Waals surface area contributed by atoms with Gasteiger partial charge in [-0.05, 0) is 20.3 Å². The van der Waals surface area contributed by atoms with Crippen LogP contribution in [0.1, 0.15) is 26.7 Å². The highest BCUT2D eigenvalue weighted by Crippen LogP contribution is 2.50. The van der Waals surface area contributed by atoms with Gasteiger partial charge in [-0.1, -0.05) is 0 Å². The lowest BCUT2D eigenvalue weighted by molar-refractivity contribution is -0.151. The Kier molecular flexibility index (Phi) is 9.41. The van der Waals surface area contributed by atoms with E-state index in [1.807, 2.05) is 0 Å². The van der Waals surface area contributed by atoms with Crippen LogP contribution in [-0.2, 0) is 37.2 Å². The molecule has 0 radical (unpaired) electrons. The molecule has 0 aliphatic heterocycles. The Balaban J connectivity index is 4.80. The zero-order valence-electron chi connectivity index (χ0n) is 12.1. The summed E-state index contributed by atoms with van der Waals surface area (Å²) in [5, 5.41) is 0. The smallest absolute Gasteiger partial charge is 0.469 e. The number of phosphoric ester groups is 1. The lowest BCUT2D eigenvalue weighted by Crippen LogP contribution is -2.26. The number of hydrogen-bond donors (Lipinski definition) is 0. The molecular formula is C11H21O8P. The fourth-order valence-electron chi connectivity index (χ4n) is 1.27. The highest BCUT2D eigenvalue weighted by atomic mass is 31.2. The monoisotopic (exact) mass is 312 g/mol. The molecule has 9 heteroatoms. The number of hydrogen-bond acceptors (Lipinski definition) is 8. The predicted molar refractivity (Wildman–Crippen MR) is 69.0 cm³/mol. The molecule has 8 nitrogen and oxygen atoms in total. The van der Waals surface area contributed by atoms with E-state index >= 15 is 0 Å². The number of carbonyl (C=O) groups is 2. The van der Waals surface area contributed by atoms with Crippen molar-refractivity contribution in [2.24, 2.45) is 0 Å². The van der Waals surface area contributed by atoms with E-state index in [0.717, 1.165) is 7.11 Å². The third kappa shape index (κ3) is 7.00. The number of rotatable bonds is 10. The summed E-state index contributed by atoms with van der Waals surface area (Å²) in [6.45, 7) is 3.39. The van der Waals surface area contributed by atoms with Crippen molar-refractivity contribution in [2.45, 2.75) is 32.8 Å². The fraction of sp³-hybridized carbons (Fsp3) is 0.818. The first-order chi connectivity index (χ1) is 9.42. The van der Waals surface area contributed by atoms with Crippen LogP contribution in [0.15, 0.2) is 0 Å². The van der Waals surface area contributed by atoms with E-state index in [4.69, 9.17) is 13.6 Å². The average molecular weight is 312 g/mol. The quantitative estimate of drug-likeness (QED) is 0.444. The Morgan fingerprint density at radius 3 is 2.00 bits per heavy atom. The van der Waals surface area contributed by atoms with E-state index in [1.165, 1.54) is 7.11 Å². The molecule has 0 aliphatic rings. The van der Waals surface area contributed by atoms with Crippen LogP contribution in [-0.4, -0.2) is 45.5 Å². The van der Waals surface area contributed by atoms with E-state index in [2.05, 4.69) is 9.47 Å². The van der Waals surface area contributed by atoms with Crippen molar-refractivity contribution >= 4 is 19.8 Å². The molecule has 0 aromatic carbocycles. The summed E-state index contributed by atoms with van der Waals surface area (Å²) in [7, 11) is -1.48. The Labute approximate surface area is 118 Å². The zero-order valence-corrected chi connectivity index (χ0v) is 13.0. The van der Waals surface area contributed by atoms with Crippen LogP contribution in [0.4, 0.5) is 0 Å². The van der Waals surface area contributed by atoms with Crippen LogP contribution in [0.2, 0.25) is 0 Å². The molecule has 0 amide bonds. The molecule has 0 fully saturated rings. The molecule has 0 spiro atoms. The molecule has 0 N–H and O–H groups in total. The number of esters is 2. The van der Waals surface area contributed by atoms with Crippen LogP contribution in [0.25, 0.3) is 0 Å². The highest BCUT2D eigenvalue weighted by Gasteiger charge is 2.34. The molecule has 0 aromatic rings. The lowest BCUT2D eigenvalue weighted by Gasteiger charge is -2.21. The average Bonchev–Trinajstić information content (AvgIpc) is 2.42. The molecule has 0 aliphatic carbocycles. The first-order valence-corrected chi connectivity index (χ1v) is 7.60. The van der Waals surface area contributed by atoms with E-state index in [1.54, 1.807) is 13.8 Å². The summed E-state index contributed by atoms with van der Waals surface area (Å²) >= 11 is 0. The van der Waals surface area contributed by atoms with Crippen molar-refractivity contribution in [3.63, 3.8) is 0 Å². The first kappa shape index (κ1) is 19.1. The van der Waals surface area contributed by atoms with E-state index in [0.29, 0.717) is 0 Å². The minimum absolute atomic E-state index is 0.0521. The maximum absolute atomic E-state index is 12.2. The molecule has 0 saturated heterocycles. The number of methoxy groups -OCH3 is 2. The standard InChI is InChI=1S/C11H21O8P/c1-5-17-20(14,18-6-2)19-9(11(13)16-4)7-8-10(12)15-3/h9H,5-8H2,1-4H3. The van der Waals surface area contributed by atoms with Gasteiger partial charge in [-0.15, -0.1) is 0 Å². The SMILES string of the molecule is CCOP(=O)(OCC)OC(CCC(=O)OC)C(=O)OC. The van der Waals surface area contributed by atoms with Gasteiger partial charge in [-0.25, -0.2) is 9.36 Å². The van der Waals surface area contributed by atoms with E-state index < -0.39 is 25.9 Å². The third-order valence-corrected chi connectivity index (χ3v) is 3.79. The molecule has 0 heterocycles. The Hall–Kier alpha value is -0.950. The normalized spacial score (nSPS) is 12.8. The second-order valence-corrected chi connectivity index (χ2v) is 5.14. The molecule has 20 heavy (non-hydrogen) atoms. The molecule has 0 aromatic heterocycles.